The number of hydrogen-bond acceptors (Lipinski definition) is 5. The topological polar surface area (TPSA) is 155 Å². The van der Waals surface area contributed by atoms with Gasteiger partial charge in [-0.3, -0.25) is 18.1 Å². The lowest BCUT2D eigenvalue weighted by Gasteiger charge is -2.33. The molecule has 2 heterocycles. The number of likely N-dealkylation sites (tertiary alicyclic amines) is 1. The van der Waals surface area contributed by atoms with E-state index in [-0.39, 0.29) is 11.3 Å². The number of anilines is 2. The Bertz CT molecular complexity index is 1160. The van der Waals surface area contributed by atoms with E-state index in [0.29, 0.717) is 9.21 Å². The molecular weight excluding hydrogens is 466 g/mol. The summed E-state index contributed by atoms with van der Waals surface area (Å²) in [5, 5.41) is 21.0. The fourth-order valence-corrected chi connectivity index (χ4v) is 4.42. The van der Waals surface area contributed by atoms with Crippen LogP contribution in [0.2, 0.25) is 0 Å². The van der Waals surface area contributed by atoms with Gasteiger partial charge in [0.2, 0.25) is 0 Å². The molecule has 33 heavy (non-hydrogen) atoms. The van der Waals surface area contributed by atoms with E-state index in [1.807, 2.05) is 0 Å². The summed E-state index contributed by atoms with van der Waals surface area (Å²) in [7, 11) is 1.27. The molecule has 1 aliphatic rings. The second-order valence-corrected chi connectivity index (χ2v) is 8.28. The third-order valence-corrected chi connectivity index (χ3v) is 6.10. The van der Waals surface area contributed by atoms with E-state index in [9.17, 15) is 37.7 Å². The van der Waals surface area contributed by atoms with Crippen molar-refractivity contribution in [2.75, 3.05) is 22.7 Å². The van der Waals surface area contributed by atoms with Crippen LogP contribution < -0.4 is 9.62 Å². The summed E-state index contributed by atoms with van der Waals surface area (Å²) in [5.74, 6) is -5.64. The zero-order valence-corrected chi connectivity index (χ0v) is 18.1. The van der Waals surface area contributed by atoms with Gasteiger partial charge < -0.3 is 29.5 Å². The minimum atomic E-state index is -3.20. The summed E-state index contributed by atoms with van der Waals surface area (Å²) in [6, 6.07) is 2.26. The molecule has 0 saturated carbocycles. The molecule has 0 aliphatic carbocycles. The van der Waals surface area contributed by atoms with Crippen LogP contribution in [0.25, 0.3) is 0 Å². The number of nitrogens with zero attached hydrogens (tertiary/aromatic N) is 3. The van der Waals surface area contributed by atoms with Crippen LogP contribution in [0.4, 0.5) is 25.0 Å². The molecule has 0 bridgehead atoms. The van der Waals surface area contributed by atoms with E-state index in [1.165, 1.54) is 26.1 Å². The minimum absolute atomic E-state index is 0.171. The Hall–Kier alpha value is -3.52. The van der Waals surface area contributed by atoms with Crippen LogP contribution >= 0.6 is 0 Å². The summed E-state index contributed by atoms with van der Waals surface area (Å²) >= 11 is -3.20. The average Bonchev–Trinajstić information content (AvgIpc) is 3.27. The van der Waals surface area contributed by atoms with E-state index in [1.54, 1.807) is 0 Å². The van der Waals surface area contributed by atoms with E-state index < -0.39 is 77.3 Å². The Labute approximate surface area is 188 Å². The monoisotopic (exact) mass is 485 g/mol. The number of nitrogens with one attached hydrogen (secondary N) is 1. The predicted octanol–water partition coefficient (Wildman–Crippen LogP) is 1.53. The van der Waals surface area contributed by atoms with Crippen LogP contribution in [0.15, 0.2) is 24.4 Å². The molecule has 1 aromatic carbocycles. The van der Waals surface area contributed by atoms with Gasteiger partial charge in [-0.25, -0.2) is 13.6 Å². The number of benzene rings is 1. The Balaban J connectivity index is 1.97. The number of aromatic nitrogens is 1. The summed E-state index contributed by atoms with van der Waals surface area (Å²) in [6.45, 7) is 0.467. The van der Waals surface area contributed by atoms with Gasteiger partial charge in [0.15, 0.2) is 5.82 Å². The van der Waals surface area contributed by atoms with Crippen LogP contribution in [-0.2, 0) is 23.1 Å². The Kier molecular flexibility index (Phi) is 6.69. The summed E-state index contributed by atoms with van der Waals surface area (Å²) in [5.41, 5.74) is -0.779. The second kappa shape index (κ2) is 9.15. The number of carbonyl (C=O) groups is 3. The normalized spacial score (nSPS) is 18.8. The molecule has 3 N–H and O–H groups in total. The number of hydrogen-bond donors (Lipinski definition) is 3. The van der Waals surface area contributed by atoms with Crippen LogP contribution in [0, 0.1) is 24.5 Å². The van der Waals surface area contributed by atoms with Gasteiger partial charge in [0.05, 0.1) is 12.0 Å². The van der Waals surface area contributed by atoms with Crippen molar-refractivity contribution in [1.29, 1.82) is 0 Å². The van der Waals surface area contributed by atoms with Gasteiger partial charge in [-0.05, 0) is 30.7 Å². The maximum absolute atomic E-state index is 15.3. The van der Waals surface area contributed by atoms with E-state index >= 15 is 4.39 Å². The third kappa shape index (κ3) is 4.66. The molecule has 0 spiro atoms. The van der Waals surface area contributed by atoms with Gasteiger partial charge in [-0.2, -0.15) is 0 Å². The highest BCUT2D eigenvalue weighted by Gasteiger charge is 2.45. The van der Waals surface area contributed by atoms with Crippen molar-refractivity contribution < 1.29 is 42.1 Å². The maximum atomic E-state index is 15.3. The first-order chi connectivity index (χ1) is 15.4. The zero-order chi connectivity index (χ0) is 24.6. The van der Waals surface area contributed by atoms with Gasteiger partial charge in [-0.15, -0.1) is 0 Å². The van der Waals surface area contributed by atoms with Crippen molar-refractivity contribution in [1.82, 2.24) is 9.47 Å². The van der Waals surface area contributed by atoms with Crippen molar-refractivity contribution in [3.8, 4) is 0 Å². The van der Waals surface area contributed by atoms with Gasteiger partial charge in [0.25, 0.3) is 5.91 Å². The molecule has 3 rings (SSSR count). The molecule has 2 amide bonds. The molecule has 14 heteroatoms. The van der Waals surface area contributed by atoms with E-state index in [0.717, 1.165) is 16.8 Å². The highest BCUT2D eigenvalue weighted by molar-refractivity contribution is 7.80. The zero-order valence-electron chi connectivity index (χ0n) is 17.3. The number of rotatable bonds is 6. The highest BCUT2D eigenvalue weighted by Crippen LogP contribution is 2.33. The first kappa shape index (κ1) is 24.1. The van der Waals surface area contributed by atoms with Crippen molar-refractivity contribution in [2.45, 2.75) is 13.0 Å². The van der Waals surface area contributed by atoms with Gasteiger partial charge in [0.1, 0.15) is 17.2 Å². The van der Waals surface area contributed by atoms with E-state index in [4.69, 9.17) is 0 Å². The molecule has 1 saturated heterocycles. The summed E-state index contributed by atoms with van der Waals surface area (Å²) < 4.78 is 54.2. The third-order valence-electron chi connectivity index (χ3n) is 5.31. The van der Waals surface area contributed by atoms with E-state index in [2.05, 4.69) is 5.32 Å². The quantitative estimate of drug-likeness (QED) is 0.524. The van der Waals surface area contributed by atoms with Crippen molar-refractivity contribution in [3.63, 3.8) is 0 Å². The van der Waals surface area contributed by atoms with Gasteiger partial charge >= 0.3 is 12.1 Å². The molecule has 11 nitrogen and oxygen atoms in total. The summed E-state index contributed by atoms with van der Waals surface area (Å²) in [4.78, 5) is 36.3. The van der Waals surface area contributed by atoms with Gasteiger partial charge in [0, 0.05) is 43.3 Å². The number of amides is 2. The smallest absolute Gasteiger partial charge is 0.407 e. The standard InChI is InChI=1S/C19H20F2N4O7S/c1-9-5-10(3-4-12(9)20)22-17(26)16-15(21)14(7-23(16)2)25(33(31)32)13-8-24(19(29)30)6-11(13)18(27)28/h3-5,7,11,13H,6,8H2,1-2H3,(H,22,26)(H,27,28)(H,29,30)(H,31,32)/p-1/t11-,13-/m0/s1. The molecule has 1 fully saturated rings. The average molecular weight is 485 g/mol. The molecule has 1 unspecified atom stereocenters. The fourth-order valence-electron chi connectivity index (χ4n) is 3.70. The number of halogens is 2. The van der Waals surface area contributed by atoms with Crippen molar-refractivity contribution >= 4 is 40.6 Å². The lowest BCUT2D eigenvalue weighted by molar-refractivity contribution is -0.141. The first-order valence-corrected chi connectivity index (χ1v) is 10.5. The fraction of sp³-hybridized carbons (Fsp3) is 0.316. The largest absolute Gasteiger partial charge is 0.755 e. The Morgan fingerprint density at radius 1 is 1.24 bits per heavy atom. The molecule has 0 radical (unpaired) electrons. The maximum Gasteiger partial charge on any atom is 0.407 e. The number of aliphatic carboxylic acids is 1. The minimum Gasteiger partial charge on any atom is -0.755 e. The molecule has 178 valence electrons. The van der Waals surface area contributed by atoms with Gasteiger partial charge in [-0.1, -0.05) is 0 Å². The second-order valence-electron chi connectivity index (χ2n) is 7.45. The van der Waals surface area contributed by atoms with Crippen LogP contribution in [-0.4, -0.2) is 65.5 Å². The summed E-state index contributed by atoms with van der Waals surface area (Å²) in [6.07, 6.45) is -0.471. The highest BCUT2D eigenvalue weighted by atomic mass is 32.2. The molecule has 1 aromatic heterocycles. The lowest BCUT2D eigenvalue weighted by atomic mass is 10.0. The number of carbonyl (C=O) groups excluding carboxylic acids is 1. The number of aryl methyl sites for hydroxylation is 2. The molecular formula is C19H19F2N4O7S-. The molecule has 1 aliphatic heterocycles. The SMILES string of the molecule is Cc1cc(NC(=O)c2c(F)c(N([C@H]3CN(C(=O)O)C[C@@H]3C(=O)O)S(=O)[O-])cn2C)ccc1F. The molecule has 2 aromatic rings. The predicted molar refractivity (Wildman–Crippen MR) is 110 cm³/mol. The first-order valence-electron chi connectivity index (χ1n) is 9.44. The Morgan fingerprint density at radius 2 is 1.91 bits per heavy atom. The number of carboxylic acid groups (broad SMARTS) is 2. The number of carboxylic acids is 1. The molecule has 3 atom stereocenters. The van der Waals surface area contributed by atoms with Crippen molar-refractivity contribution in [3.05, 3.63) is 47.3 Å². The van der Waals surface area contributed by atoms with Crippen LogP contribution in [0.5, 0.6) is 0 Å². The Morgan fingerprint density at radius 3 is 2.45 bits per heavy atom. The lowest BCUT2D eigenvalue weighted by Crippen LogP contribution is -2.45. The van der Waals surface area contributed by atoms with Crippen molar-refractivity contribution in [2.24, 2.45) is 13.0 Å². The van der Waals surface area contributed by atoms with Crippen LogP contribution in [0.1, 0.15) is 16.1 Å². The van der Waals surface area contributed by atoms with Crippen LogP contribution in [0.3, 0.4) is 0 Å².